The molecule has 2 aliphatic rings. The van der Waals surface area contributed by atoms with E-state index in [1.54, 1.807) is 32.6 Å². The summed E-state index contributed by atoms with van der Waals surface area (Å²) in [6.07, 6.45) is 0.0985. The fourth-order valence-corrected chi connectivity index (χ4v) is 4.23. The first-order valence-electron chi connectivity index (χ1n) is 9.63. The lowest BCUT2D eigenvalue weighted by molar-refractivity contribution is -0.163. The van der Waals surface area contributed by atoms with Crippen LogP contribution in [0.5, 0.6) is 5.88 Å². The van der Waals surface area contributed by atoms with Crippen molar-refractivity contribution in [1.29, 1.82) is 0 Å². The average Bonchev–Trinajstić information content (AvgIpc) is 2.99. The summed E-state index contributed by atoms with van der Waals surface area (Å²) < 4.78 is 11.6. The number of nitrogens with zero attached hydrogens (tertiary/aromatic N) is 2. The number of ether oxygens (including phenoxy) is 2. The Morgan fingerprint density at radius 3 is 2.30 bits per heavy atom. The molecule has 1 aliphatic carbocycles. The van der Waals surface area contributed by atoms with Crippen molar-refractivity contribution in [3.05, 3.63) is 21.3 Å². The number of carboxylic acids is 2. The zero-order chi connectivity index (χ0) is 22.4. The fourth-order valence-electron chi connectivity index (χ4n) is 3.69. The van der Waals surface area contributed by atoms with E-state index in [1.807, 2.05) is 0 Å². The number of aromatic nitrogens is 1. The quantitative estimate of drug-likeness (QED) is 0.482. The number of fused-ring (bicyclic) bond motifs is 1. The van der Waals surface area contributed by atoms with Gasteiger partial charge in [-0.1, -0.05) is 0 Å². The minimum absolute atomic E-state index is 0.135. The molecule has 1 aliphatic heterocycles. The zero-order valence-electron chi connectivity index (χ0n) is 17.3. The van der Waals surface area contributed by atoms with E-state index in [-0.39, 0.29) is 25.5 Å². The van der Waals surface area contributed by atoms with Crippen LogP contribution in [0.2, 0.25) is 0 Å². The summed E-state index contributed by atoms with van der Waals surface area (Å²) in [5.74, 6) is -2.45. The molecule has 0 bridgehead atoms. The first-order valence-corrected chi connectivity index (χ1v) is 10.4. The first-order chi connectivity index (χ1) is 13.9. The van der Waals surface area contributed by atoms with Crippen molar-refractivity contribution >= 4 is 34.0 Å². The normalized spacial score (nSPS) is 19.6. The fraction of sp³-hybridized carbons (Fsp3) is 0.600. The highest BCUT2D eigenvalue weighted by atomic mass is 79.9. The lowest BCUT2D eigenvalue weighted by atomic mass is 9.85. The number of hydrogen-bond donors (Lipinski definition) is 2. The third-order valence-corrected chi connectivity index (χ3v) is 6.20. The number of carbonyl (C=O) groups excluding carboxylic acids is 1. The maximum absolute atomic E-state index is 12.3. The van der Waals surface area contributed by atoms with Crippen molar-refractivity contribution in [2.24, 2.45) is 5.41 Å². The van der Waals surface area contributed by atoms with E-state index in [0.29, 0.717) is 33.7 Å². The van der Waals surface area contributed by atoms with Crippen molar-refractivity contribution in [3.63, 3.8) is 0 Å². The molecule has 164 valence electrons. The summed E-state index contributed by atoms with van der Waals surface area (Å²) >= 11 is 3.33. The number of hydrogen-bond acceptors (Lipinski definition) is 6. The maximum Gasteiger partial charge on any atom is 0.410 e. The predicted octanol–water partition coefficient (Wildman–Crippen LogP) is 2.79. The molecule has 0 spiro atoms. The van der Waals surface area contributed by atoms with Gasteiger partial charge in [-0.25, -0.2) is 9.78 Å². The van der Waals surface area contributed by atoms with Crippen LogP contribution in [0.15, 0.2) is 4.60 Å². The summed E-state index contributed by atoms with van der Waals surface area (Å²) in [5.41, 5.74) is -0.683. The Bertz CT molecular complexity index is 895. The van der Waals surface area contributed by atoms with E-state index in [2.05, 4.69) is 20.9 Å². The van der Waals surface area contributed by atoms with Crippen molar-refractivity contribution in [2.45, 2.75) is 58.6 Å². The molecule has 0 aromatic carbocycles. The number of pyridine rings is 1. The van der Waals surface area contributed by atoms with Crippen LogP contribution in [0.3, 0.4) is 0 Å². The van der Waals surface area contributed by atoms with Gasteiger partial charge in [0.1, 0.15) is 16.8 Å². The number of amides is 1. The van der Waals surface area contributed by atoms with E-state index in [0.717, 1.165) is 6.42 Å². The predicted molar refractivity (Wildman–Crippen MR) is 109 cm³/mol. The van der Waals surface area contributed by atoms with E-state index < -0.39 is 29.0 Å². The number of rotatable bonds is 5. The molecule has 1 amide bonds. The molecular formula is C20H25BrN2O7. The minimum Gasteiger partial charge on any atom is -0.480 e. The molecule has 1 fully saturated rings. The van der Waals surface area contributed by atoms with Crippen LogP contribution in [0.1, 0.15) is 43.9 Å². The molecule has 0 radical (unpaired) electrons. The molecule has 2 heterocycles. The van der Waals surface area contributed by atoms with Crippen molar-refractivity contribution in [1.82, 2.24) is 9.88 Å². The number of likely N-dealkylation sites (tertiary alicyclic amines) is 1. The third-order valence-electron chi connectivity index (χ3n) is 5.55. The smallest absolute Gasteiger partial charge is 0.410 e. The van der Waals surface area contributed by atoms with Crippen LogP contribution < -0.4 is 4.74 Å². The third kappa shape index (κ3) is 3.97. The summed E-state index contributed by atoms with van der Waals surface area (Å²) in [4.78, 5) is 41.6. The monoisotopic (exact) mass is 484 g/mol. The van der Waals surface area contributed by atoms with Gasteiger partial charge in [-0.3, -0.25) is 9.59 Å². The molecular weight excluding hydrogens is 460 g/mol. The first kappa shape index (κ1) is 22.3. The average molecular weight is 485 g/mol. The van der Waals surface area contributed by atoms with Gasteiger partial charge in [-0.15, -0.1) is 0 Å². The van der Waals surface area contributed by atoms with Crippen molar-refractivity contribution < 1.29 is 34.1 Å². The largest absolute Gasteiger partial charge is 0.480 e. The molecule has 1 saturated heterocycles. The highest BCUT2D eigenvalue weighted by molar-refractivity contribution is 9.10. The Morgan fingerprint density at radius 1 is 1.20 bits per heavy atom. The highest BCUT2D eigenvalue weighted by Gasteiger charge is 2.52. The van der Waals surface area contributed by atoms with Gasteiger partial charge in [0, 0.05) is 24.9 Å². The molecule has 2 N–H and O–H groups in total. The van der Waals surface area contributed by atoms with Crippen LogP contribution in [0.25, 0.3) is 0 Å². The molecule has 1 aromatic rings. The second-order valence-corrected chi connectivity index (χ2v) is 9.51. The van der Waals surface area contributed by atoms with Gasteiger partial charge in [-0.2, -0.15) is 0 Å². The topological polar surface area (TPSA) is 126 Å². The van der Waals surface area contributed by atoms with Crippen LogP contribution >= 0.6 is 15.9 Å². The summed E-state index contributed by atoms with van der Waals surface area (Å²) in [5, 5.41) is 19.1. The van der Waals surface area contributed by atoms with Gasteiger partial charge in [0.15, 0.2) is 5.41 Å². The van der Waals surface area contributed by atoms with Gasteiger partial charge in [-0.05, 0) is 61.2 Å². The molecule has 0 saturated carbocycles. The van der Waals surface area contributed by atoms with Crippen LogP contribution in [0, 0.1) is 12.3 Å². The Morgan fingerprint density at radius 2 is 1.80 bits per heavy atom. The molecule has 1 aromatic heterocycles. The van der Waals surface area contributed by atoms with E-state index in [1.165, 1.54) is 0 Å². The molecule has 0 unspecified atom stereocenters. The number of carbonyl (C=O) groups is 3. The van der Waals surface area contributed by atoms with E-state index >= 15 is 0 Å². The maximum atomic E-state index is 12.3. The van der Waals surface area contributed by atoms with Crippen LogP contribution in [-0.4, -0.2) is 62.9 Å². The van der Waals surface area contributed by atoms with Gasteiger partial charge in [0.05, 0.1) is 6.04 Å². The Hall–Kier alpha value is -2.36. The molecule has 3 rings (SSSR count). The van der Waals surface area contributed by atoms with E-state index in [4.69, 9.17) is 9.47 Å². The minimum atomic E-state index is -1.91. The number of halogens is 1. The van der Waals surface area contributed by atoms with Crippen LogP contribution in [0.4, 0.5) is 4.79 Å². The standard InChI is InChI=1S/C20H25BrN2O7/c1-10-12-7-20(16(24)25,17(26)27)8-13(12)14(21)22-15(10)29-9-11-5-6-23(11)18(28)30-19(2,3)4/h11H,5-9H2,1-4H3,(H,24,25)(H,26,27)/t11-/m0/s1. The number of carboxylic acid groups (broad SMARTS) is 2. The molecule has 9 nitrogen and oxygen atoms in total. The lowest BCUT2D eigenvalue weighted by Gasteiger charge is -2.41. The zero-order valence-corrected chi connectivity index (χ0v) is 18.9. The van der Waals surface area contributed by atoms with Crippen LogP contribution in [-0.2, 0) is 27.2 Å². The molecule has 1 atom stereocenters. The van der Waals surface area contributed by atoms with Crippen molar-refractivity contribution in [2.75, 3.05) is 13.2 Å². The van der Waals surface area contributed by atoms with Gasteiger partial charge in [0.2, 0.25) is 5.88 Å². The Balaban J connectivity index is 1.75. The summed E-state index contributed by atoms with van der Waals surface area (Å²) in [6, 6.07) is -0.148. The lowest BCUT2D eigenvalue weighted by Crippen LogP contribution is -2.55. The second-order valence-electron chi connectivity index (χ2n) is 8.76. The Labute approximate surface area is 182 Å². The SMILES string of the molecule is Cc1c(OC[C@@H]2CCN2C(=O)OC(C)(C)C)nc(Br)c2c1CC(C(=O)O)(C(=O)O)C2. The molecule has 10 heteroatoms. The second kappa shape index (κ2) is 7.72. The van der Waals surface area contributed by atoms with Crippen molar-refractivity contribution in [3.8, 4) is 5.88 Å². The molecule has 30 heavy (non-hydrogen) atoms. The Kier molecular flexibility index (Phi) is 5.74. The number of aliphatic carboxylic acids is 2. The highest BCUT2D eigenvalue weighted by Crippen LogP contribution is 2.44. The van der Waals surface area contributed by atoms with Gasteiger partial charge in [0.25, 0.3) is 0 Å². The summed E-state index contributed by atoms with van der Waals surface area (Å²) in [7, 11) is 0. The van der Waals surface area contributed by atoms with E-state index in [9.17, 15) is 24.6 Å². The van der Waals surface area contributed by atoms with Gasteiger partial charge < -0.3 is 24.6 Å². The summed E-state index contributed by atoms with van der Waals surface area (Å²) in [6.45, 7) is 7.95. The van der Waals surface area contributed by atoms with Gasteiger partial charge >= 0.3 is 18.0 Å².